The second-order valence-electron chi connectivity index (χ2n) is 13.9. The Morgan fingerprint density at radius 2 is 1.46 bits per heavy atom. The average molecular weight is 626 g/mol. The number of ether oxygens (including phenoxy) is 2. The zero-order valence-corrected chi connectivity index (χ0v) is 29.3. The highest BCUT2D eigenvalue weighted by Gasteiger charge is 2.59. The molecule has 3 rings (SSSR count). The van der Waals surface area contributed by atoms with Crippen molar-refractivity contribution >= 4 is 38.7 Å². The number of rotatable bonds is 8. The largest absolute Gasteiger partial charge is 0.463 e. The van der Waals surface area contributed by atoms with Gasteiger partial charge < -0.3 is 18.3 Å². The van der Waals surface area contributed by atoms with Crippen LogP contribution in [-0.2, 0) is 33.1 Å². The van der Waals surface area contributed by atoms with Crippen LogP contribution in [0.2, 0.25) is 36.3 Å². The van der Waals surface area contributed by atoms with Gasteiger partial charge in [0.25, 0.3) is 10.0 Å². The van der Waals surface area contributed by atoms with Gasteiger partial charge in [-0.15, -0.1) is 0 Å². The number of hydrogen-bond acceptors (Lipinski definition) is 8. The standard InChI is InChI=1S/C29H47NO8SSi2/c1-13-35-26(31)21-18-22-24(36-27(32)30(22)39(33,34)20-16-14-19(2)15-17-20)25(38-41(11,12)29(6,7)8)23(21)37-40(9,10)28(3,4)5/h14-18,22-25H,13H2,1-12H3/t22-,23+,24-,25-/m0/s1. The molecule has 0 radical (unpaired) electrons. The third kappa shape index (κ3) is 6.51. The summed E-state index contributed by atoms with van der Waals surface area (Å²) in [4.78, 5) is 26.8. The number of carbonyl (C=O) groups is 2. The Labute approximate surface area is 247 Å². The quantitative estimate of drug-likeness (QED) is 0.250. The van der Waals surface area contributed by atoms with E-state index >= 15 is 0 Å². The van der Waals surface area contributed by atoms with Gasteiger partial charge in [-0.3, -0.25) is 0 Å². The van der Waals surface area contributed by atoms with Crippen molar-refractivity contribution in [3.63, 3.8) is 0 Å². The third-order valence-corrected chi connectivity index (χ3v) is 19.6. The van der Waals surface area contributed by atoms with Crippen LogP contribution in [0.1, 0.15) is 54.0 Å². The number of nitrogens with zero attached hydrogens (tertiary/aromatic N) is 1. The first-order valence-electron chi connectivity index (χ1n) is 14.1. The van der Waals surface area contributed by atoms with Gasteiger partial charge in [-0.25, -0.2) is 18.0 Å². The molecular formula is C29H47NO8SSi2. The van der Waals surface area contributed by atoms with Crippen molar-refractivity contribution in [2.75, 3.05) is 6.61 Å². The van der Waals surface area contributed by atoms with Gasteiger partial charge in [0.15, 0.2) is 22.7 Å². The molecule has 0 aromatic heterocycles. The fourth-order valence-corrected chi connectivity index (χ4v) is 8.29. The van der Waals surface area contributed by atoms with Crippen LogP contribution in [0.3, 0.4) is 0 Å². The summed E-state index contributed by atoms with van der Waals surface area (Å²) in [6.45, 7) is 24.4. The molecule has 1 saturated heterocycles. The SMILES string of the molecule is CCOC(=O)C1=C[C@H]2[C@H](OC(=O)N2S(=O)(=O)c2ccc(C)cc2)[C@@H](O[Si](C)(C)C(C)(C)C)[C@@H]1O[Si](C)(C)C(C)(C)C. The first-order chi connectivity index (χ1) is 18.5. The van der Waals surface area contributed by atoms with E-state index in [1.807, 2.05) is 6.92 Å². The van der Waals surface area contributed by atoms with Gasteiger partial charge in [-0.2, -0.15) is 4.31 Å². The third-order valence-electron chi connectivity index (χ3n) is 8.86. The molecule has 1 amide bonds. The lowest BCUT2D eigenvalue weighted by Gasteiger charge is -2.48. The van der Waals surface area contributed by atoms with E-state index < -0.39 is 63.1 Å². The Morgan fingerprint density at radius 1 is 0.951 bits per heavy atom. The second kappa shape index (κ2) is 11.3. The van der Waals surface area contributed by atoms with E-state index in [0.29, 0.717) is 0 Å². The maximum atomic E-state index is 13.8. The van der Waals surface area contributed by atoms with Crippen LogP contribution in [0.5, 0.6) is 0 Å². The zero-order valence-electron chi connectivity index (χ0n) is 26.5. The van der Waals surface area contributed by atoms with Crippen molar-refractivity contribution in [2.45, 2.75) is 121 Å². The summed E-state index contributed by atoms with van der Waals surface area (Å²) in [6, 6.07) is 5.12. The molecule has 41 heavy (non-hydrogen) atoms. The molecule has 12 heteroatoms. The van der Waals surface area contributed by atoms with Crippen molar-refractivity contribution in [2.24, 2.45) is 0 Å². The van der Waals surface area contributed by atoms with Crippen LogP contribution < -0.4 is 0 Å². The molecule has 0 bridgehead atoms. The first-order valence-corrected chi connectivity index (χ1v) is 21.4. The van der Waals surface area contributed by atoms with Gasteiger partial charge in [-0.1, -0.05) is 59.2 Å². The maximum Gasteiger partial charge on any atom is 0.425 e. The van der Waals surface area contributed by atoms with E-state index in [0.717, 1.165) is 9.87 Å². The van der Waals surface area contributed by atoms with Crippen LogP contribution >= 0.6 is 0 Å². The molecular weight excluding hydrogens is 579 g/mol. The van der Waals surface area contributed by atoms with E-state index in [4.69, 9.17) is 18.3 Å². The minimum absolute atomic E-state index is 0.0479. The van der Waals surface area contributed by atoms with Crippen molar-refractivity contribution in [1.29, 1.82) is 0 Å². The van der Waals surface area contributed by atoms with Crippen LogP contribution in [0.25, 0.3) is 0 Å². The molecule has 1 aromatic carbocycles. The smallest absolute Gasteiger partial charge is 0.425 e. The molecule has 0 spiro atoms. The van der Waals surface area contributed by atoms with E-state index in [9.17, 15) is 18.0 Å². The number of aryl methyl sites for hydroxylation is 1. The lowest BCUT2D eigenvalue weighted by Crippen LogP contribution is -2.61. The summed E-state index contributed by atoms with van der Waals surface area (Å²) in [5.41, 5.74) is 1.02. The molecule has 0 saturated carbocycles. The highest BCUT2D eigenvalue weighted by Crippen LogP contribution is 2.46. The first kappa shape index (κ1) is 33.5. The molecule has 2 aliphatic rings. The summed E-state index contributed by atoms with van der Waals surface area (Å²) < 4.78 is 53.4. The van der Waals surface area contributed by atoms with Gasteiger partial charge in [0.1, 0.15) is 18.2 Å². The normalized spacial score (nSPS) is 24.0. The second-order valence-corrected chi connectivity index (χ2v) is 25.3. The number of esters is 1. The zero-order chi connectivity index (χ0) is 31.3. The lowest BCUT2D eigenvalue weighted by atomic mass is 9.88. The molecule has 1 fully saturated rings. The summed E-state index contributed by atoms with van der Waals surface area (Å²) in [5.74, 6) is -0.634. The Hall–Kier alpha value is -2.00. The fraction of sp³-hybridized carbons (Fsp3) is 0.655. The Bertz CT molecular complexity index is 1290. The average Bonchev–Trinajstić information content (AvgIpc) is 3.15. The van der Waals surface area contributed by atoms with Crippen molar-refractivity contribution in [1.82, 2.24) is 4.31 Å². The number of carbonyl (C=O) groups excluding carboxylic acids is 2. The van der Waals surface area contributed by atoms with Crippen molar-refractivity contribution in [3.05, 3.63) is 41.5 Å². The minimum Gasteiger partial charge on any atom is -0.463 e. The summed E-state index contributed by atoms with van der Waals surface area (Å²) >= 11 is 0. The van der Waals surface area contributed by atoms with Crippen LogP contribution in [0, 0.1) is 6.92 Å². The fourth-order valence-electron chi connectivity index (χ4n) is 4.30. The number of benzene rings is 1. The number of fused-ring (bicyclic) bond motifs is 1. The summed E-state index contributed by atoms with van der Waals surface area (Å²) in [5, 5.41) is -0.441. The predicted molar refractivity (Wildman–Crippen MR) is 163 cm³/mol. The van der Waals surface area contributed by atoms with Gasteiger partial charge in [0.2, 0.25) is 0 Å². The molecule has 1 aliphatic heterocycles. The molecule has 4 atom stereocenters. The maximum absolute atomic E-state index is 13.8. The minimum atomic E-state index is -4.32. The van der Waals surface area contributed by atoms with Gasteiger partial charge in [-0.05, 0) is 68.3 Å². The topological polar surface area (TPSA) is 108 Å². The Morgan fingerprint density at radius 3 is 1.95 bits per heavy atom. The van der Waals surface area contributed by atoms with Crippen LogP contribution in [0.4, 0.5) is 4.79 Å². The highest BCUT2D eigenvalue weighted by molar-refractivity contribution is 7.89. The van der Waals surface area contributed by atoms with Crippen LogP contribution in [-0.4, -0.2) is 72.4 Å². The lowest BCUT2D eigenvalue weighted by molar-refractivity contribution is -0.141. The Kier molecular flexibility index (Phi) is 9.20. The van der Waals surface area contributed by atoms with Gasteiger partial charge >= 0.3 is 12.1 Å². The van der Waals surface area contributed by atoms with Gasteiger partial charge in [0.05, 0.1) is 17.1 Å². The van der Waals surface area contributed by atoms with Crippen molar-refractivity contribution < 1.29 is 36.3 Å². The predicted octanol–water partition coefficient (Wildman–Crippen LogP) is 6.16. The van der Waals surface area contributed by atoms with E-state index in [1.54, 1.807) is 19.1 Å². The molecule has 1 aliphatic carbocycles. The number of amides is 1. The molecule has 1 aromatic rings. The monoisotopic (exact) mass is 625 g/mol. The van der Waals surface area contributed by atoms with E-state index in [1.165, 1.54) is 18.2 Å². The molecule has 230 valence electrons. The van der Waals surface area contributed by atoms with Crippen molar-refractivity contribution in [3.8, 4) is 0 Å². The highest BCUT2D eigenvalue weighted by atomic mass is 32.2. The van der Waals surface area contributed by atoms with Gasteiger partial charge in [0, 0.05) is 0 Å². The van der Waals surface area contributed by atoms with Crippen LogP contribution in [0.15, 0.2) is 40.8 Å². The molecule has 0 N–H and O–H groups in total. The molecule has 9 nitrogen and oxygen atoms in total. The molecule has 1 heterocycles. The Balaban J connectivity index is 2.25. The van der Waals surface area contributed by atoms with E-state index in [2.05, 4.69) is 67.7 Å². The molecule has 0 unspecified atom stereocenters. The number of hydrogen-bond donors (Lipinski definition) is 0. The van der Waals surface area contributed by atoms with E-state index in [-0.39, 0.29) is 27.2 Å². The summed E-state index contributed by atoms with van der Waals surface area (Å²) in [6.07, 6.45) is -2.41. The summed E-state index contributed by atoms with van der Waals surface area (Å²) in [7, 11) is -9.41. The number of sulfonamides is 1.